The summed E-state index contributed by atoms with van der Waals surface area (Å²) in [6.07, 6.45) is 3.94. The lowest BCUT2D eigenvalue weighted by atomic mass is 9.68. The van der Waals surface area contributed by atoms with Gasteiger partial charge in [-0.3, -0.25) is 0 Å². The van der Waals surface area contributed by atoms with Gasteiger partial charge in [-0.05, 0) is 61.3 Å². The normalized spacial score (nSPS) is 32.5. The molecule has 0 aromatic heterocycles. The second kappa shape index (κ2) is 5.18. The predicted octanol–water partition coefficient (Wildman–Crippen LogP) is 4.18. The highest BCUT2D eigenvalue weighted by Gasteiger charge is 2.37. The van der Waals surface area contributed by atoms with Crippen molar-refractivity contribution in [2.45, 2.75) is 45.1 Å². The van der Waals surface area contributed by atoms with Gasteiger partial charge in [-0.1, -0.05) is 25.4 Å². The van der Waals surface area contributed by atoms with E-state index in [9.17, 15) is 4.39 Å². The van der Waals surface area contributed by atoms with Gasteiger partial charge < -0.3 is 5.73 Å². The molecule has 1 nitrogen and oxygen atoms in total. The van der Waals surface area contributed by atoms with E-state index in [1.807, 2.05) is 0 Å². The molecule has 1 aliphatic rings. The monoisotopic (exact) mass is 269 g/mol. The SMILES string of the molecule is CC1CCC(N)(Cc2cc(F)ccc2Cl)C(C)C1. The van der Waals surface area contributed by atoms with Gasteiger partial charge in [-0.25, -0.2) is 4.39 Å². The maximum absolute atomic E-state index is 13.3. The third-order valence-electron chi connectivity index (χ3n) is 4.37. The van der Waals surface area contributed by atoms with E-state index in [0.29, 0.717) is 17.4 Å². The van der Waals surface area contributed by atoms with E-state index in [0.717, 1.165) is 30.7 Å². The van der Waals surface area contributed by atoms with E-state index in [1.54, 1.807) is 6.07 Å². The smallest absolute Gasteiger partial charge is 0.123 e. The fraction of sp³-hybridized carbons (Fsp3) is 0.600. The molecule has 3 heteroatoms. The Bertz CT molecular complexity index is 435. The van der Waals surface area contributed by atoms with Gasteiger partial charge in [0, 0.05) is 10.6 Å². The number of rotatable bonds is 2. The zero-order valence-corrected chi connectivity index (χ0v) is 11.8. The van der Waals surface area contributed by atoms with Crippen LogP contribution < -0.4 is 5.73 Å². The van der Waals surface area contributed by atoms with Gasteiger partial charge in [0.25, 0.3) is 0 Å². The van der Waals surface area contributed by atoms with Gasteiger partial charge in [-0.2, -0.15) is 0 Å². The average molecular weight is 270 g/mol. The van der Waals surface area contributed by atoms with E-state index >= 15 is 0 Å². The Kier molecular flexibility index (Phi) is 3.98. The highest BCUT2D eigenvalue weighted by molar-refractivity contribution is 6.31. The summed E-state index contributed by atoms with van der Waals surface area (Å²) in [7, 11) is 0. The van der Waals surface area contributed by atoms with E-state index in [1.165, 1.54) is 12.1 Å². The highest BCUT2D eigenvalue weighted by Crippen LogP contribution is 2.38. The van der Waals surface area contributed by atoms with E-state index in [-0.39, 0.29) is 11.4 Å². The van der Waals surface area contributed by atoms with Gasteiger partial charge in [0.2, 0.25) is 0 Å². The summed E-state index contributed by atoms with van der Waals surface area (Å²) in [6.45, 7) is 4.47. The zero-order valence-electron chi connectivity index (χ0n) is 11.0. The lowest BCUT2D eigenvalue weighted by molar-refractivity contribution is 0.163. The number of hydrogen-bond donors (Lipinski definition) is 1. The summed E-state index contributed by atoms with van der Waals surface area (Å²) >= 11 is 6.13. The van der Waals surface area contributed by atoms with Crippen molar-refractivity contribution in [3.63, 3.8) is 0 Å². The first kappa shape index (κ1) is 13.8. The summed E-state index contributed by atoms with van der Waals surface area (Å²) < 4.78 is 13.3. The lowest BCUT2D eigenvalue weighted by Gasteiger charge is -2.42. The molecule has 0 aliphatic heterocycles. The van der Waals surface area contributed by atoms with Crippen molar-refractivity contribution in [3.05, 3.63) is 34.6 Å². The van der Waals surface area contributed by atoms with Crippen molar-refractivity contribution in [1.29, 1.82) is 0 Å². The third-order valence-corrected chi connectivity index (χ3v) is 4.74. The maximum atomic E-state index is 13.3. The van der Waals surface area contributed by atoms with Gasteiger partial charge in [0.15, 0.2) is 0 Å². The van der Waals surface area contributed by atoms with Crippen LogP contribution in [-0.2, 0) is 6.42 Å². The Hall–Kier alpha value is -0.600. The first-order chi connectivity index (χ1) is 8.40. The second-order valence-electron chi connectivity index (χ2n) is 5.93. The molecule has 1 aliphatic carbocycles. The van der Waals surface area contributed by atoms with Gasteiger partial charge in [-0.15, -0.1) is 0 Å². The van der Waals surface area contributed by atoms with Gasteiger partial charge in [0.05, 0.1) is 0 Å². The fourth-order valence-electron chi connectivity index (χ4n) is 3.01. The van der Waals surface area contributed by atoms with Crippen LogP contribution >= 0.6 is 11.6 Å². The molecule has 0 radical (unpaired) electrons. The van der Waals surface area contributed by atoms with Crippen LogP contribution in [0.4, 0.5) is 4.39 Å². The molecule has 1 saturated carbocycles. The molecule has 1 aromatic carbocycles. The molecule has 2 N–H and O–H groups in total. The molecule has 0 bridgehead atoms. The molecule has 3 atom stereocenters. The standard InChI is InChI=1S/C15H21ClFN/c1-10-5-6-15(18,11(2)7-10)9-12-8-13(17)3-4-14(12)16/h3-4,8,10-11H,5-7,9,18H2,1-2H3. The molecular weight excluding hydrogens is 249 g/mol. The van der Waals surface area contributed by atoms with E-state index < -0.39 is 0 Å². The van der Waals surface area contributed by atoms with Crippen LogP contribution in [0.5, 0.6) is 0 Å². The Balaban J connectivity index is 2.19. The van der Waals surface area contributed by atoms with Crippen LogP contribution in [0.25, 0.3) is 0 Å². The molecule has 0 spiro atoms. The summed E-state index contributed by atoms with van der Waals surface area (Å²) in [6, 6.07) is 4.52. The largest absolute Gasteiger partial charge is 0.325 e. The molecular formula is C15H21ClFN. The first-order valence-corrected chi connectivity index (χ1v) is 7.01. The Morgan fingerprint density at radius 1 is 1.44 bits per heavy atom. The molecule has 0 saturated heterocycles. The molecule has 2 rings (SSSR count). The maximum Gasteiger partial charge on any atom is 0.123 e. The minimum atomic E-state index is -0.246. The van der Waals surface area contributed by atoms with Crippen molar-refractivity contribution in [2.24, 2.45) is 17.6 Å². The summed E-state index contributed by atoms with van der Waals surface area (Å²) in [5.74, 6) is 0.940. The second-order valence-corrected chi connectivity index (χ2v) is 6.33. The number of nitrogens with two attached hydrogens (primary N) is 1. The number of halogens is 2. The van der Waals surface area contributed by atoms with Crippen LogP contribution in [-0.4, -0.2) is 5.54 Å². The Morgan fingerprint density at radius 2 is 2.17 bits per heavy atom. The number of hydrogen-bond acceptors (Lipinski definition) is 1. The van der Waals surface area contributed by atoms with Crippen molar-refractivity contribution < 1.29 is 4.39 Å². The fourth-order valence-corrected chi connectivity index (χ4v) is 3.20. The average Bonchev–Trinajstić information content (AvgIpc) is 2.30. The van der Waals surface area contributed by atoms with Crippen molar-refractivity contribution in [2.75, 3.05) is 0 Å². The Morgan fingerprint density at radius 3 is 2.83 bits per heavy atom. The molecule has 100 valence electrons. The van der Waals surface area contributed by atoms with Crippen LogP contribution in [0.2, 0.25) is 5.02 Å². The van der Waals surface area contributed by atoms with Crippen molar-refractivity contribution >= 4 is 11.6 Å². The van der Waals surface area contributed by atoms with Gasteiger partial charge >= 0.3 is 0 Å². The Labute approximate surface area is 114 Å². The minimum absolute atomic E-state index is 0.241. The molecule has 18 heavy (non-hydrogen) atoms. The summed E-state index contributed by atoms with van der Waals surface area (Å²) in [4.78, 5) is 0. The molecule has 1 aromatic rings. The lowest BCUT2D eigenvalue weighted by Crippen LogP contribution is -2.51. The first-order valence-electron chi connectivity index (χ1n) is 6.63. The number of benzene rings is 1. The van der Waals surface area contributed by atoms with Crippen LogP contribution in [0.1, 0.15) is 38.7 Å². The molecule has 3 unspecified atom stereocenters. The van der Waals surface area contributed by atoms with E-state index in [2.05, 4.69) is 13.8 Å². The molecule has 0 heterocycles. The quantitative estimate of drug-likeness (QED) is 0.857. The van der Waals surface area contributed by atoms with Crippen LogP contribution in [0.3, 0.4) is 0 Å². The van der Waals surface area contributed by atoms with Crippen LogP contribution in [0, 0.1) is 17.7 Å². The van der Waals surface area contributed by atoms with E-state index in [4.69, 9.17) is 17.3 Å². The van der Waals surface area contributed by atoms with Gasteiger partial charge in [0.1, 0.15) is 5.82 Å². The zero-order chi connectivity index (χ0) is 13.3. The van der Waals surface area contributed by atoms with Crippen LogP contribution in [0.15, 0.2) is 18.2 Å². The third kappa shape index (κ3) is 2.86. The van der Waals surface area contributed by atoms with Crippen molar-refractivity contribution in [3.8, 4) is 0 Å². The topological polar surface area (TPSA) is 26.0 Å². The highest BCUT2D eigenvalue weighted by atomic mass is 35.5. The minimum Gasteiger partial charge on any atom is -0.325 e. The van der Waals surface area contributed by atoms with Crippen molar-refractivity contribution in [1.82, 2.24) is 0 Å². The summed E-state index contributed by atoms with van der Waals surface area (Å²) in [5.41, 5.74) is 7.12. The molecule has 0 amide bonds. The predicted molar refractivity (Wildman–Crippen MR) is 74.2 cm³/mol. The molecule has 1 fully saturated rings. The summed E-state index contributed by atoms with van der Waals surface area (Å²) in [5, 5.41) is 0.618.